The van der Waals surface area contributed by atoms with E-state index in [9.17, 15) is 0 Å². The van der Waals surface area contributed by atoms with Gasteiger partial charge >= 0.3 is 0 Å². The predicted octanol–water partition coefficient (Wildman–Crippen LogP) is 3.64. The fraction of sp³-hybridized carbons (Fsp3) is 0.375. The molecule has 4 heteroatoms. The summed E-state index contributed by atoms with van der Waals surface area (Å²) in [6, 6.07) is 10.8. The Labute approximate surface area is 129 Å². The molecule has 0 saturated carbocycles. The lowest BCUT2D eigenvalue weighted by Crippen LogP contribution is -2.23. The van der Waals surface area contributed by atoms with Crippen molar-refractivity contribution < 1.29 is 0 Å². The van der Waals surface area contributed by atoms with E-state index in [-0.39, 0.29) is 0 Å². The lowest BCUT2D eigenvalue weighted by molar-refractivity contribution is 0.578. The summed E-state index contributed by atoms with van der Waals surface area (Å²) in [7, 11) is 0. The number of rotatable bonds is 5. The largest absolute Gasteiger partial charge is 0.309 e. The molecule has 0 atom stereocenters. The normalized spacial score (nSPS) is 11.1. The fourth-order valence-corrected chi connectivity index (χ4v) is 2.45. The summed E-state index contributed by atoms with van der Waals surface area (Å²) in [5, 5.41) is 3.39. The predicted molar refractivity (Wildman–Crippen MR) is 85.7 cm³/mol. The molecule has 1 aromatic heterocycles. The fourth-order valence-electron chi connectivity index (χ4n) is 2.01. The summed E-state index contributed by atoms with van der Waals surface area (Å²) in [4.78, 5) is 9.17. The Morgan fingerprint density at radius 1 is 1.20 bits per heavy atom. The molecule has 2 rings (SSSR count). The molecule has 2 aromatic rings. The number of aromatic nitrogens is 2. The highest BCUT2D eigenvalue weighted by molar-refractivity contribution is 9.10. The Hall–Kier alpha value is -1.26. The average Bonchev–Trinajstić information content (AvgIpc) is 2.35. The highest BCUT2D eigenvalue weighted by Crippen LogP contribution is 2.14. The van der Waals surface area contributed by atoms with Gasteiger partial charge in [-0.3, -0.25) is 0 Å². The zero-order valence-electron chi connectivity index (χ0n) is 12.2. The zero-order chi connectivity index (χ0) is 14.5. The van der Waals surface area contributed by atoms with Gasteiger partial charge in [0.1, 0.15) is 5.82 Å². The van der Waals surface area contributed by atoms with E-state index in [1.54, 1.807) is 0 Å². The number of hydrogen-bond acceptors (Lipinski definition) is 3. The van der Waals surface area contributed by atoms with Crippen molar-refractivity contribution >= 4 is 15.9 Å². The van der Waals surface area contributed by atoms with Crippen molar-refractivity contribution in [1.29, 1.82) is 0 Å². The lowest BCUT2D eigenvalue weighted by Gasteiger charge is -2.10. The van der Waals surface area contributed by atoms with Crippen molar-refractivity contribution in [3.05, 3.63) is 57.6 Å². The van der Waals surface area contributed by atoms with E-state index in [4.69, 9.17) is 0 Å². The third-order valence-electron chi connectivity index (χ3n) is 2.90. The molecule has 1 N–H and O–H groups in total. The van der Waals surface area contributed by atoms with Crippen LogP contribution in [0.2, 0.25) is 0 Å². The molecule has 0 radical (unpaired) electrons. The first-order chi connectivity index (χ1) is 9.52. The van der Waals surface area contributed by atoms with Crippen molar-refractivity contribution in [2.24, 2.45) is 0 Å². The van der Waals surface area contributed by atoms with Gasteiger partial charge in [0.25, 0.3) is 0 Å². The smallest absolute Gasteiger partial charge is 0.133 e. The standard InChI is InChI=1S/C16H20BrN3/c1-11(2)18-10-15-7-12(3)19-16(20-15)9-13-5-4-6-14(17)8-13/h4-8,11,18H,9-10H2,1-3H3. The van der Waals surface area contributed by atoms with Crippen LogP contribution in [0.3, 0.4) is 0 Å². The topological polar surface area (TPSA) is 37.8 Å². The summed E-state index contributed by atoms with van der Waals surface area (Å²) in [6.45, 7) is 7.07. The van der Waals surface area contributed by atoms with Crippen LogP contribution in [0.1, 0.15) is 36.6 Å². The highest BCUT2D eigenvalue weighted by Gasteiger charge is 2.05. The monoisotopic (exact) mass is 333 g/mol. The third kappa shape index (κ3) is 4.69. The molecule has 106 valence electrons. The van der Waals surface area contributed by atoms with E-state index in [0.717, 1.165) is 34.7 Å². The van der Waals surface area contributed by atoms with Gasteiger partial charge in [0.15, 0.2) is 0 Å². The quantitative estimate of drug-likeness (QED) is 0.907. The minimum Gasteiger partial charge on any atom is -0.309 e. The van der Waals surface area contributed by atoms with Crippen molar-refractivity contribution in [3.8, 4) is 0 Å². The van der Waals surface area contributed by atoms with Crippen LogP contribution in [-0.4, -0.2) is 16.0 Å². The molecule has 0 aliphatic heterocycles. The van der Waals surface area contributed by atoms with Gasteiger partial charge in [0, 0.05) is 29.2 Å². The Bertz CT molecular complexity index is 582. The Morgan fingerprint density at radius 3 is 2.70 bits per heavy atom. The second-order valence-corrected chi connectivity index (χ2v) is 6.17. The minimum atomic E-state index is 0.457. The summed E-state index contributed by atoms with van der Waals surface area (Å²) in [6.07, 6.45) is 0.760. The minimum absolute atomic E-state index is 0.457. The van der Waals surface area contributed by atoms with Gasteiger partial charge in [-0.25, -0.2) is 9.97 Å². The van der Waals surface area contributed by atoms with Crippen LogP contribution >= 0.6 is 15.9 Å². The van der Waals surface area contributed by atoms with Gasteiger partial charge in [-0.15, -0.1) is 0 Å². The van der Waals surface area contributed by atoms with Crippen LogP contribution in [0.25, 0.3) is 0 Å². The Kier molecular flexibility index (Phi) is 5.26. The molecule has 0 fully saturated rings. The van der Waals surface area contributed by atoms with Crippen LogP contribution in [-0.2, 0) is 13.0 Å². The zero-order valence-corrected chi connectivity index (χ0v) is 13.7. The van der Waals surface area contributed by atoms with Gasteiger partial charge in [-0.05, 0) is 30.7 Å². The molecule has 0 amide bonds. The first kappa shape index (κ1) is 15.1. The molecule has 20 heavy (non-hydrogen) atoms. The SMILES string of the molecule is Cc1cc(CNC(C)C)nc(Cc2cccc(Br)c2)n1. The number of aryl methyl sites for hydroxylation is 1. The molecule has 3 nitrogen and oxygen atoms in total. The first-order valence-electron chi connectivity index (χ1n) is 6.84. The second-order valence-electron chi connectivity index (χ2n) is 5.26. The van der Waals surface area contributed by atoms with Crippen molar-refractivity contribution in [3.63, 3.8) is 0 Å². The molecule has 0 bridgehead atoms. The third-order valence-corrected chi connectivity index (χ3v) is 3.39. The molecule has 0 aliphatic carbocycles. The summed E-state index contributed by atoms with van der Waals surface area (Å²) >= 11 is 3.49. The molecule has 0 aliphatic rings. The van der Waals surface area contributed by atoms with E-state index >= 15 is 0 Å². The second kappa shape index (κ2) is 6.95. The van der Waals surface area contributed by atoms with Gasteiger partial charge in [-0.1, -0.05) is 41.9 Å². The van der Waals surface area contributed by atoms with Gasteiger partial charge in [0.05, 0.1) is 5.69 Å². The maximum absolute atomic E-state index is 4.64. The molecular weight excluding hydrogens is 314 g/mol. The summed E-state index contributed by atoms with van der Waals surface area (Å²) < 4.78 is 1.09. The van der Waals surface area contributed by atoms with Crippen LogP contribution in [0.4, 0.5) is 0 Å². The van der Waals surface area contributed by atoms with Gasteiger partial charge in [0.2, 0.25) is 0 Å². The van der Waals surface area contributed by atoms with E-state index in [0.29, 0.717) is 6.04 Å². The maximum atomic E-state index is 4.64. The Morgan fingerprint density at radius 2 is 2.00 bits per heavy atom. The molecule has 0 unspecified atom stereocenters. The number of benzene rings is 1. The van der Waals surface area contributed by atoms with Crippen molar-refractivity contribution in [2.45, 2.75) is 39.8 Å². The van der Waals surface area contributed by atoms with E-state index in [1.165, 1.54) is 5.56 Å². The summed E-state index contributed by atoms with van der Waals surface area (Å²) in [5.41, 5.74) is 3.29. The van der Waals surface area contributed by atoms with Gasteiger partial charge in [-0.2, -0.15) is 0 Å². The molecule has 0 spiro atoms. The average molecular weight is 334 g/mol. The molecule has 1 heterocycles. The van der Waals surface area contributed by atoms with Crippen LogP contribution in [0.15, 0.2) is 34.8 Å². The number of nitrogens with zero attached hydrogens (tertiary/aromatic N) is 2. The van der Waals surface area contributed by atoms with Gasteiger partial charge < -0.3 is 5.32 Å². The van der Waals surface area contributed by atoms with Crippen LogP contribution in [0.5, 0.6) is 0 Å². The van der Waals surface area contributed by atoms with E-state index < -0.39 is 0 Å². The highest BCUT2D eigenvalue weighted by atomic mass is 79.9. The molecule has 1 aromatic carbocycles. The molecule has 0 saturated heterocycles. The summed E-state index contributed by atoms with van der Waals surface area (Å²) in [5.74, 6) is 0.878. The molecular formula is C16H20BrN3. The van der Waals surface area contributed by atoms with Crippen molar-refractivity contribution in [1.82, 2.24) is 15.3 Å². The first-order valence-corrected chi connectivity index (χ1v) is 7.63. The van der Waals surface area contributed by atoms with Crippen LogP contribution in [0, 0.1) is 6.92 Å². The number of hydrogen-bond donors (Lipinski definition) is 1. The number of halogens is 1. The maximum Gasteiger partial charge on any atom is 0.133 e. The Balaban J connectivity index is 2.15. The van der Waals surface area contributed by atoms with Crippen LogP contribution < -0.4 is 5.32 Å². The van der Waals surface area contributed by atoms with Crippen molar-refractivity contribution in [2.75, 3.05) is 0 Å². The lowest BCUT2D eigenvalue weighted by atomic mass is 10.1. The number of nitrogens with one attached hydrogen (secondary N) is 1. The van der Waals surface area contributed by atoms with E-state index in [1.807, 2.05) is 25.1 Å². The van der Waals surface area contributed by atoms with E-state index in [2.05, 4.69) is 57.2 Å².